The van der Waals surface area contributed by atoms with Gasteiger partial charge in [0.15, 0.2) is 17.6 Å². The Balaban J connectivity index is 1.57. The van der Waals surface area contributed by atoms with E-state index in [1.807, 2.05) is 30.3 Å². The summed E-state index contributed by atoms with van der Waals surface area (Å²) in [6, 6.07) is 16.3. The van der Waals surface area contributed by atoms with Crippen LogP contribution in [0.2, 0.25) is 0 Å². The van der Waals surface area contributed by atoms with Crippen LogP contribution in [0.1, 0.15) is 10.4 Å². The van der Waals surface area contributed by atoms with Gasteiger partial charge in [0.05, 0.1) is 5.56 Å². The van der Waals surface area contributed by atoms with Crippen molar-refractivity contribution in [2.24, 2.45) is 0 Å². The van der Waals surface area contributed by atoms with Gasteiger partial charge in [-0.15, -0.1) is 0 Å². The second-order valence-electron chi connectivity index (χ2n) is 4.46. The van der Waals surface area contributed by atoms with Crippen LogP contribution < -0.4 is 9.47 Å². The molecule has 3 rings (SSSR count). The van der Waals surface area contributed by atoms with Crippen molar-refractivity contribution in [3.05, 3.63) is 60.2 Å². The van der Waals surface area contributed by atoms with Crippen LogP contribution in [0.3, 0.4) is 0 Å². The van der Waals surface area contributed by atoms with Gasteiger partial charge in [0.25, 0.3) is 0 Å². The molecule has 0 unspecified atom stereocenters. The van der Waals surface area contributed by atoms with E-state index in [9.17, 15) is 4.79 Å². The van der Waals surface area contributed by atoms with Crippen molar-refractivity contribution in [1.82, 2.24) is 0 Å². The van der Waals surface area contributed by atoms with E-state index >= 15 is 0 Å². The average Bonchev–Trinajstić information content (AvgIpc) is 2.53. The van der Waals surface area contributed by atoms with E-state index in [4.69, 9.17) is 14.2 Å². The highest BCUT2D eigenvalue weighted by atomic mass is 16.6. The van der Waals surface area contributed by atoms with E-state index in [-0.39, 0.29) is 18.7 Å². The number of benzene rings is 2. The molecule has 1 aliphatic rings. The van der Waals surface area contributed by atoms with Gasteiger partial charge in [-0.25, -0.2) is 4.79 Å². The molecule has 2 aromatic carbocycles. The van der Waals surface area contributed by atoms with Crippen molar-refractivity contribution in [1.29, 1.82) is 0 Å². The molecule has 0 aliphatic carbocycles. The minimum atomic E-state index is -0.354. The summed E-state index contributed by atoms with van der Waals surface area (Å²) in [7, 11) is 0. The van der Waals surface area contributed by atoms with Crippen LogP contribution in [0.15, 0.2) is 54.6 Å². The molecule has 102 valence electrons. The fourth-order valence-electron chi connectivity index (χ4n) is 1.97. The Bertz CT molecular complexity index is 594. The Morgan fingerprint density at radius 2 is 1.75 bits per heavy atom. The molecule has 1 aliphatic heterocycles. The van der Waals surface area contributed by atoms with Gasteiger partial charge in [-0.05, 0) is 24.3 Å². The Labute approximate surface area is 116 Å². The lowest BCUT2D eigenvalue weighted by molar-refractivity contribution is 0.0110. The summed E-state index contributed by atoms with van der Waals surface area (Å²) in [4.78, 5) is 11.8. The summed E-state index contributed by atoms with van der Waals surface area (Å²) < 4.78 is 16.5. The second-order valence-corrected chi connectivity index (χ2v) is 4.46. The lowest BCUT2D eigenvalue weighted by Gasteiger charge is -2.26. The topological polar surface area (TPSA) is 44.8 Å². The lowest BCUT2D eigenvalue weighted by Crippen LogP contribution is -2.34. The summed E-state index contributed by atoms with van der Waals surface area (Å²) in [5.74, 6) is 1.05. The van der Waals surface area contributed by atoms with Crippen LogP contribution >= 0.6 is 0 Å². The Hall–Kier alpha value is -2.49. The van der Waals surface area contributed by atoms with Gasteiger partial charge >= 0.3 is 5.97 Å². The van der Waals surface area contributed by atoms with Crippen LogP contribution in [0.4, 0.5) is 0 Å². The quantitative estimate of drug-likeness (QED) is 0.804. The van der Waals surface area contributed by atoms with E-state index < -0.39 is 0 Å². The van der Waals surface area contributed by atoms with Crippen LogP contribution in [0, 0.1) is 0 Å². The van der Waals surface area contributed by atoms with Gasteiger partial charge in [0.2, 0.25) is 0 Å². The van der Waals surface area contributed by atoms with Gasteiger partial charge in [0, 0.05) is 0 Å². The minimum absolute atomic E-state index is 0.169. The molecule has 0 bridgehead atoms. The molecule has 0 spiro atoms. The smallest absolute Gasteiger partial charge is 0.338 e. The van der Waals surface area contributed by atoms with E-state index in [1.165, 1.54) is 0 Å². The zero-order chi connectivity index (χ0) is 13.8. The maximum Gasteiger partial charge on any atom is 0.338 e. The number of ether oxygens (including phenoxy) is 3. The molecular weight excluding hydrogens is 256 g/mol. The molecule has 0 fully saturated rings. The van der Waals surface area contributed by atoms with Crippen molar-refractivity contribution in [2.45, 2.75) is 6.10 Å². The molecule has 0 amide bonds. The predicted molar refractivity (Wildman–Crippen MR) is 73.1 cm³/mol. The Kier molecular flexibility index (Phi) is 3.54. The second kappa shape index (κ2) is 5.65. The van der Waals surface area contributed by atoms with Crippen molar-refractivity contribution in [2.75, 3.05) is 13.2 Å². The Morgan fingerprint density at radius 3 is 2.55 bits per heavy atom. The fourth-order valence-corrected chi connectivity index (χ4v) is 1.97. The van der Waals surface area contributed by atoms with Crippen LogP contribution in [0.25, 0.3) is 0 Å². The van der Waals surface area contributed by atoms with Crippen LogP contribution in [-0.2, 0) is 4.74 Å². The first kappa shape index (κ1) is 12.5. The van der Waals surface area contributed by atoms with Crippen LogP contribution in [-0.4, -0.2) is 25.3 Å². The van der Waals surface area contributed by atoms with Crippen molar-refractivity contribution in [3.63, 3.8) is 0 Å². The normalized spacial score (nSPS) is 16.5. The zero-order valence-electron chi connectivity index (χ0n) is 10.8. The van der Waals surface area contributed by atoms with E-state index in [2.05, 4.69) is 0 Å². The summed E-state index contributed by atoms with van der Waals surface area (Å²) in [5, 5.41) is 0. The highest BCUT2D eigenvalue weighted by Gasteiger charge is 2.22. The van der Waals surface area contributed by atoms with Crippen molar-refractivity contribution >= 4 is 5.97 Å². The third-order valence-electron chi connectivity index (χ3n) is 2.98. The lowest BCUT2D eigenvalue weighted by atomic mass is 10.2. The van der Waals surface area contributed by atoms with E-state index in [0.717, 1.165) is 5.75 Å². The first-order valence-corrected chi connectivity index (χ1v) is 6.43. The fraction of sp³-hybridized carbons (Fsp3) is 0.188. The molecule has 0 saturated carbocycles. The zero-order valence-corrected chi connectivity index (χ0v) is 10.8. The summed E-state index contributed by atoms with van der Waals surface area (Å²) in [6.45, 7) is 0.543. The third-order valence-corrected chi connectivity index (χ3v) is 2.98. The molecule has 1 atom stereocenters. The number of para-hydroxylation sites is 2. The first-order valence-electron chi connectivity index (χ1n) is 6.43. The SMILES string of the molecule is O=C(OC[C@H]1COc2ccccc2O1)c1ccccc1. The molecule has 0 saturated heterocycles. The number of carbonyl (C=O) groups excluding carboxylic acids is 1. The van der Waals surface area contributed by atoms with Gasteiger partial charge in [-0.2, -0.15) is 0 Å². The van der Waals surface area contributed by atoms with E-state index in [0.29, 0.717) is 17.9 Å². The van der Waals surface area contributed by atoms with Gasteiger partial charge in [-0.1, -0.05) is 30.3 Å². The molecule has 0 radical (unpaired) electrons. The summed E-state index contributed by atoms with van der Waals surface area (Å²) >= 11 is 0. The minimum Gasteiger partial charge on any atom is -0.486 e. The maximum absolute atomic E-state index is 11.8. The average molecular weight is 270 g/mol. The number of esters is 1. The highest BCUT2D eigenvalue weighted by molar-refractivity contribution is 5.89. The molecule has 2 aromatic rings. The molecular formula is C16H14O4. The number of hydrogen-bond acceptors (Lipinski definition) is 4. The predicted octanol–water partition coefficient (Wildman–Crippen LogP) is 2.68. The molecule has 4 heteroatoms. The molecule has 0 aromatic heterocycles. The van der Waals surface area contributed by atoms with Gasteiger partial charge < -0.3 is 14.2 Å². The molecule has 0 N–H and O–H groups in total. The van der Waals surface area contributed by atoms with Crippen molar-refractivity contribution in [3.8, 4) is 11.5 Å². The first-order chi connectivity index (χ1) is 9.83. The van der Waals surface area contributed by atoms with E-state index in [1.54, 1.807) is 24.3 Å². The molecule has 20 heavy (non-hydrogen) atoms. The van der Waals surface area contributed by atoms with Gasteiger partial charge in [-0.3, -0.25) is 0 Å². The number of carbonyl (C=O) groups is 1. The highest BCUT2D eigenvalue weighted by Crippen LogP contribution is 2.30. The monoisotopic (exact) mass is 270 g/mol. The van der Waals surface area contributed by atoms with Crippen LogP contribution in [0.5, 0.6) is 11.5 Å². The number of hydrogen-bond donors (Lipinski definition) is 0. The summed E-state index contributed by atoms with van der Waals surface area (Å²) in [5.41, 5.74) is 0.532. The standard InChI is InChI=1S/C16H14O4/c17-16(12-6-2-1-3-7-12)19-11-13-10-18-14-8-4-5-9-15(14)20-13/h1-9,13H,10-11H2/t13-/m1/s1. The van der Waals surface area contributed by atoms with Gasteiger partial charge in [0.1, 0.15) is 13.2 Å². The van der Waals surface area contributed by atoms with Crippen molar-refractivity contribution < 1.29 is 19.0 Å². The largest absolute Gasteiger partial charge is 0.486 e. The molecule has 1 heterocycles. The number of rotatable bonds is 3. The third kappa shape index (κ3) is 2.74. The maximum atomic E-state index is 11.8. The number of fused-ring (bicyclic) bond motifs is 1. The summed E-state index contributed by atoms with van der Waals surface area (Å²) in [6.07, 6.45) is -0.280. The molecule has 4 nitrogen and oxygen atoms in total. The Morgan fingerprint density at radius 1 is 1.05 bits per heavy atom.